The van der Waals surface area contributed by atoms with Gasteiger partial charge in [0, 0.05) is 18.6 Å². The number of aromatic nitrogens is 1. The van der Waals surface area contributed by atoms with Crippen molar-refractivity contribution in [2.45, 2.75) is 26.3 Å². The number of aryl methyl sites for hydroxylation is 1. The summed E-state index contributed by atoms with van der Waals surface area (Å²) in [6.07, 6.45) is 6.75. The van der Waals surface area contributed by atoms with Gasteiger partial charge in [0.25, 0.3) is 0 Å². The van der Waals surface area contributed by atoms with E-state index < -0.39 is 0 Å². The summed E-state index contributed by atoms with van der Waals surface area (Å²) >= 11 is 0. The summed E-state index contributed by atoms with van der Waals surface area (Å²) in [5.41, 5.74) is 0. The van der Waals surface area contributed by atoms with E-state index in [0.29, 0.717) is 0 Å². The van der Waals surface area contributed by atoms with Gasteiger partial charge in [0.2, 0.25) is 0 Å². The molecule has 0 spiro atoms. The van der Waals surface area contributed by atoms with Crippen molar-refractivity contribution in [1.29, 1.82) is 0 Å². The number of unbranched alkanes of at least 4 members (excludes halogenated alkanes) is 1. The Morgan fingerprint density at radius 3 is 2.17 bits per heavy atom. The second-order valence-electron chi connectivity index (χ2n) is 2.47. The van der Waals surface area contributed by atoms with Gasteiger partial charge >= 0.3 is 0 Å². The highest BCUT2D eigenvalue weighted by molar-refractivity contribution is 4.83. The predicted molar refractivity (Wildman–Crippen MR) is 45.2 cm³/mol. The zero-order valence-corrected chi connectivity index (χ0v) is 8.09. The lowest BCUT2D eigenvalue weighted by Crippen LogP contribution is -3.00. The van der Waals surface area contributed by atoms with Crippen molar-refractivity contribution < 1.29 is 22.5 Å². The van der Waals surface area contributed by atoms with Gasteiger partial charge in [0.1, 0.15) is 6.54 Å². The molecule has 0 amide bonds. The van der Waals surface area contributed by atoms with Crippen molar-refractivity contribution in [3.05, 3.63) is 30.6 Å². The molecule has 12 heavy (non-hydrogen) atoms. The minimum Gasteiger partial charge on any atom is -1.00 e. The summed E-state index contributed by atoms with van der Waals surface area (Å²) in [5, 5.41) is 0. The zero-order valence-electron chi connectivity index (χ0n) is 7.33. The van der Waals surface area contributed by atoms with Gasteiger partial charge in [-0.2, -0.15) is 0 Å². The Balaban J connectivity index is 0. The first-order valence-electron chi connectivity index (χ1n) is 3.87. The van der Waals surface area contributed by atoms with Crippen LogP contribution in [-0.4, -0.2) is 5.48 Å². The third-order valence-corrected chi connectivity index (χ3v) is 1.55. The van der Waals surface area contributed by atoms with E-state index in [2.05, 4.69) is 36.0 Å². The van der Waals surface area contributed by atoms with E-state index in [1.54, 1.807) is 0 Å². The molecule has 0 unspecified atom stereocenters. The van der Waals surface area contributed by atoms with Crippen molar-refractivity contribution in [3.8, 4) is 0 Å². The smallest absolute Gasteiger partial charge is 0.168 e. The van der Waals surface area contributed by atoms with Gasteiger partial charge in [0.15, 0.2) is 12.4 Å². The molecular weight excluding hydrogens is 174 g/mol. The molecular formula is C9H16ClNO. The largest absolute Gasteiger partial charge is 1.00 e. The molecule has 0 aliphatic carbocycles. The van der Waals surface area contributed by atoms with Gasteiger partial charge < -0.3 is 17.9 Å². The molecule has 0 fully saturated rings. The molecule has 2 nitrogen and oxygen atoms in total. The second-order valence-corrected chi connectivity index (χ2v) is 2.47. The quantitative estimate of drug-likeness (QED) is 0.491. The average Bonchev–Trinajstić information content (AvgIpc) is 2.03. The maximum atomic E-state index is 2.21. The van der Waals surface area contributed by atoms with Crippen LogP contribution in [0.15, 0.2) is 30.6 Å². The van der Waals surface area contributed by atoms with Crippen LogP contribution in [0.4, 0.5) is 0 Å². The van der Waals surface area contributed by atoms with E-state index in [-0.39, 0.29) is 17.9 Å². The lowest BCUT2D eigenvalue weighted by atomic mass is 10.3. The van der Waals surface area contributed by atoms with Crippen LogP contribution in [0.3, 0.4) is 0 Å². The zero-order chi connectivity index (χ0) is 7.23. The fourth-order valence-corrected chi connectivity index (χ4v) is 0.924. The lowest BCUT2D eigenvalue weighted by molar-refractivity contribution is -0.697. The SMILES string of the molecule is CCCC[n+]1ccccc1.O.[Cl-]. The summed E-state index contributed by atoms with van der Waals surface area (Å²) < 4.78 is 2.21. The molecule has 1 rings (SSSR count). The molecule has 3 heteroatoms. The van der Waals surface area contributed by atoms with E-state index in [0.717, 1.165) is 6.54 Å². The first kappa shape index (κ1) is 14.0. The van der Waals surface area contributed by atoms with Crippen LogP contribution >= 0.6 is 0 Å². The Morgan fingerprint density at radius 1 is 1.08 bits per heavy atom. The molecule has 70 valence electrons. The van der Waals surface area contributed by atoms with E-state index in [4.69, 9.17) is 0 Å². The molecule has 1 aromatic rings. The molecule has 0 aromatic carbocycles. The van der Waals surface area contributed by atoms with E-state index >= 15 is 0 Å². The summed E-state index contributed by atoms with van der Waals surface area (Å²) in [6, 6.07) is 6.17. The minimum absolute atomic E-state index is 0. The third kappa shape index (κ3) is 5.10. The molecule has 0 saturated heterocycles. The molecule has 0 aliphatic rings. The topological polar surface area (TPSA) is 35.4 Å². The molecule has 0 saturated carbocycles. The lowest BCUT2D eigenvalue weighted by Gasteiger charge is -1.91. The number of halogens is 1. The number of rotatable bonds is 3. The minimum atomic E-state index is 0. The van der Waals surface area contributed by atoms with Crippen LogP contribution in [0.1, 0.15) is 19.8 Å². The van der Waals surface area contributed by atoms with E-state index in [1.807, 2.05) is 6.07 Å². The molecule has 0 atom stereocenters. The van der Waals surface area contributed by atoms with Crippen LogP contribution < -0.4 is 17.0 Å². The van der Waals surface area contributed by atoms with Gasteiger partial charge in [-0.15, -0.1) is 0 Å². The number of hydrogen-bond donors (Lipinski definition) is 0. The molecule has 0 aliphatic heterocycles. The van der Waals surface area contributed by atoms with Gasteiger partial charge in [0.05, 0.1) is 0 Å². The predicted octanol–water partition coefficient (Wildman–Crippen LogP) is -2.05. The van der Waals surface area contributed by atoms with Crippen molar-refractivity contribution in [1.82, 2.24) is 0 Å². The normalized spacial score (nSPS) is 8.08. The number of nitrogens with zero attached hydrogens (tertiary/aromatic N) is 1. The van der Waals surface area contributed by atoms with Crippen LogP contribution in [0, 0.1) is 0 Å². The maximum Gasteiger partial charge on any atom is 0.168 e. The number of hydrogen-bond acceptors (Lipinski definition) is 0. The summed E-state index contributed by atoms with van der Waals surface area (Å²) in [5.74, 6) is 0. The van der Waals surface area contributed by atoms with Crippen LogP contribution in [0.2, 0.25) is 0 Å². The Labute approximate surface area is 80.0 Å². The Hall–Kier alpha value is -0.600. The Kier molecular flexibility index (Phi) is 9.88. The molecule has 0 radical (unpaired) electrons. The third-order valence-electron chi connectivity index (χ3n) is 1.55. The van der Waals surface area contributed by atoms with Gasteiger partial charge in [-0.25, -0.2) is 4.57 Å². The average molecular weight is 190 g/mol. The Morgan fingerprint density at radius 2 is 1.67 bits per heavy atom. The highest BCUT2D eigenvalue weighted by atomic mass is 35.5. The first-order valence-corrected chi connectivity index (χ1v) is 3.87. The molecule has 2 N–H and O–H groups in total. The monoisotopic (exact) mass is 189 g/mol. The van der Waals surface area contributed by atoms with Crippen molar-refractivity contribution in [2.75, 3.05) is 0 Å². The van der Waals surface area contributed by atoms with Crippen molar-refractivity contribution >= 4 is 0 Å². The van der Waals surface area contributed by atoms with Crippen molar-refractivity contribution in [2.24, 2.45) is 0 Å². The van der Waals surface area contributed by atoms with Crippen LogP contribution in [0.5, 0.6) is 0 Å². The highest BCUT2D eigenvalue weighted by Gasteiger charge is 1.93. The molecule has 1 aromatic heterocycles. The van der Waals surface area contributed by atoms with Gasteiger partial charge in [-0.1, -0.05) is 19.4 Å². The number of pyridine rings is 1. The van der Waals surface area contributed by atoms with E-state index in [9.17, 15) is 0 Å². The standard InChI is InChI=1S/C9H14N.ClH.H2O/c1-2-3-7-10-8-5-4-6-9-10;;/h4-6,8-9H,2-3,7H2,1H3;1H;1H2/q+1;;/p-1. The maximum absolute atomic E-state index is 2.21. The summed E-state index contributed by atoms with van der Waals surface area (Å²) in [4.78, 5) is 0. The summed E-state index contributed by atoms with van der Waals surface area (Å²) in [7, 11) is 0. The second kappa shape index (κ2) is 8.50. The fourth-order valence-electron chi connectivity index (χ4n) is 0.924. The van der Waals surface area contributed by atoms with Gasteiger partial charge in [-0.05, 0) is 0 Å². The molecule has 0 bridgehead atoms. The Bertz CT molecular complexity index is 179. The van der Waals surface area contributed by atoms with Crippen LogP contribution in [0.25, 0.3) is 0 Å². The first-order chi connectivity index (χ1) is 4.93. The molecule has 1 heterocycles. The summed E-state index contributed by atoms with van der Waals surface area (Å²) in [6.45, 7) is 3.36. The fraction of sp³-hybridized carbons (Fsp3) is 0.444. The van der Waals surface area contributed by atoms with Gasteiger partial charge in [-0.3, -0.25) is 0 Å². The van der Waals surface area contributed by atoms with E-state index in [1.165, 1.54) is 12.8 Å². The highest BCUT2D eigenvalue weighted by Crippen LogP contribution is 1.85. The van der Waals surface area contributed by atoms with Crippen LogP contribution in [-0.2, 0) is 6.54 Å². The van der Waals surface area contributed by atoms with Crippen molar-refractivity contribution in [3.63, 3.8) is 0 Å².